The summed E-state index contributed by atoms with van der Waals surface area (Å²) >= 11 is 0. The molecule has 1 aliphatic carbocycles. The van der Waals surface area contributed by atoms with Crippen molar-refractivity contribution in [1.29, 1.82) is 0 Å². The fourth-order valence-corrected chi connectivity index (χ4v) is 1.91. The van der Waals surface area contributed by atoms with Gasteiger partial charge in [0, 0.05) is 6.08 Å². The second kappa shape index (κ2) is 4.32. The molecule has 1 fully saturated rings. The summed E-state index contributed by atoms with van der Waals surface area (Å²) < 4.78 is 12.8. The summed E-state index contributed by atoms with van der Waals surface area (Å²) in [7, 11) is 0. The summed E-state index contributed by atoms with van der Waals surface area (Å²) in [6.07, 6.45) is 3.42. The van der Waals surface area contributed by atoms with Crippen LogP contribution in [0.4, 0.5) is 4.39 Å². The van der Waals surface area contributed by atoms with Gasteiger partial charge in [-0.25, -0.2) is 4.39 Å². The Bertz CT molecular complexity index is 454. The molecule has 0 heterocycles. The zero-order valence-corrected chi connectivity index (χ0v) is 10.1. The summed E-state index contributed by atoms with van der Waals surface area (Å²) in [5, 5.41) is 3.00. The van der Waals surface area contributed by atoms with Crippen molar-refractivity contribution in [2.75, 3.05) is 0 Å². The zero-order chi connectivity index (χ0) is 12.5. The number of carbonyl (C=O) groups is 1. The van der Waals surface area contributed by atoms with Crippen molar-refractivity contribution in [1.82, 2.24) is 5.32 Å². The molecular weight excluding hydrogens is 217 g/mol. The minimum atomic E-state index is -0.267. The summed E-state index contributed by atoms with van der Waals surface area (Å²) in [5.41, 5.74) is 1.68. The Morgan fingerprint density at radius 1 is 1.29 bits per heavy atom. The van der Waals surface area contributed by atoms with Crippen LogP contribution in [0.2, 0.25) is 0 Å². The van der Waals surface area contributed by atoms with Gasteiger partial charge in [-0.15, -0.1) is 0 Å². The lowest BCUT2D eigenvalue weighted by atomic mass is 10.0. The van der Waals surface area contributed by atoms with Crippen molar-refractivity contribution in [3.05, 3.63) is 47.3 Å². The van der Waals surface area contributed by atoms with Crippen LogP contribution in [0.25, 0.3) is 0 Å². The Hall–Kier alpha value is -1.64. The Kier molecular flexibility index (Phi) is 3.01. The third-order valence-corrected chi connectivity index (χ3v) is 2.93. The minimum Gasteiger partial charge on any atom is -0.343 e. The molecule has 1 N–H and O–H groups in total. The highest BCUT2D eigenvalue weighted by molar-refractivity contribution is 5.89. The average Bonchev–Trinajstić information content (AvgIpc) is 2.98. The maximum Gasteiger partial charge on any atom is 0.244 e. The summed E-state index contributed by atoms with van der Waals surface area (Å²) in [4.78, 5) is 11.7. The second-order valence-electron chi connectivity index (χ2n) is 4.80. The van der Waals surface area contributed by atoms with Gasteiger partial charge in [0.2, 0.25) is 5.91 Å². The number of carbonyl (C=O) groups excluding carboxylic acids is 1. The van der Waals surface area contributed by atoms with Crippen molar-refractivity contribution in [3.8, 4) is 0 Å². The Morgan fingerprint density at radius 3 is 2.35 bits per heavy atom. The molecule has 0 saturated heterocycles. The van der Waals surface area contributed by atoms with Crippen molar-refractivity contribution < 1.29 is 9.18 Å². The van der Waals surface area contributed by atoms with Gasteiger partial charge in [-0.1, -0.05) is 17.7 Å². The molecule has 1 saturated carbocycles. The van der Waals surface area contributed by atoms with E-state index < -0.39 is 0 Å². The second-order valence-corrected chi connectivity index (χ2v) is 4.80. The van der Waals surface area contributed by atoms with Gasteiger partial charge in [0.1, 0.15) is 5.82 Å². The topological polar surface area (TPSA) is 29.1 Å². The predicted octanol–water partition coefficient (Wildman–Crippen LogP) is 2.90. The molecule has 1 aromatic rings. The molecule has 2 nitrogen and oxygen atoms in total. The standard InChI is InChI=1S/C14H16FNO/c1-10(2)9-13(17)16-14(7-8-14)11-3-5-12(15)6-4-11/h3-6,9H,7-8H2,1-2H3,(H,16,17). The smallest absolute Gasteiger partial charge is 0.244 e. The maximum absolute atomic E-state index is 12.8. The Balaban J connectivity index is 2.12. The van der Waals surface area contributed by atoms with E-state index in [-0.39, 0.29) is 17.3 Å². The molecule has 0 atom stereocenters. The van der Waals surface area contributed by atoms with Crippen molar-refractivity contribution >= 4 is 5.91 Å². The molecule has 2 rings (SSSR count). The minimum absolute atomic E-state index is 0.0770. The fraction of sp³-hybridized carbons (Fsp3) is 0.357. The largest absolute Gasteiger partial charge is 0.343 e. The van der Waals surface area contributed by atoms with Gasteiger partial charge in [-0.3, -0.25) is 4.79 Å². The van der Waals surface area contributed by atoms with E-state index in [4.69, 9.17) is 0 Å². The predicted molar refractivity (Wildman–Crippen MR) is 64.9 cm³/mol. The number of nitrogens with one attached hydrogen (secondary N) is 1. The van der Waals surface area contributed by atoms with Crippen LogP contribution in [0.15, 0.2) is 35.9 Å². The zero-order valence-electron chi connectivity index (χ0n) is 10.1. The average molecular weight is 233 g/mol. The van der Waals surface area contributed by atoms with E-state index >= 15 is 0 Å². The lowest BCUT2D eigenvalue weighted by molar-refractivity contribution is -0.117. The normalized spacial score (nSPS) is 16.2. The molecule has 0 unspecified atom stereocenters. The van der Waals surface area contributed by atoms with Crippen LogP contribution in [0, 0.1) is 5.82 Å². The summed E-state index contributed by atoms with van der Waals surface area (Å²) in [6, 6.07) is 6.35. The molecule has 0 aliphatic heterocycles. The third-order valence-electron chi connectivity index (χ3n) is 2.93. The first-order valence-corrected chi connectivity index (χ1v) is 5.75. The lowest BCUT2D eigenvalue weighted by Crippen LogP contribution is -2.33. The first-order valence-electron chi connectivity index (χ1n) is 5.75. The van der Waals surface area contributed by atoms with E-state index in [1.807, 2.05) is 13.8 Å². The first-order chi connectivity index (χ1) is 8.02. The van der Waals surface area contributed by atoms with Crippen LogP contribution in [0.3, 0.4) is 0 Å². The highest BCUT2D eigenvalue weighted by Gasteiger charge is 2.45. The van der Waals surface area contributed by atoms with E-state index in [1.165, 1.54) is 12.1 Å². The monoisotopic (exact) mass is 233 g/mol. The molecule has 0 spiro atoms. The van der Waals surface area contributed by atoms with Crippen LogP contribution < -0.4 is 5.32 Å². The van der Waals surface area contributed by atoms with E-state index in [2.05, 4.69) is 5.32 Å². The molecule has 0 aromatic heterocycles. The number of hydrogen-bond acceptors (Lipinski definition) is 1. The van der Waals surface area contributed by atoms with Gasteiger partial charge in [0.15, 0.2) is 0 Å². The van der Waals surface area contributed by atoms with Crippen molar-refractivity contribution in [3.63, 3.8) is 0 Å². The molecule has 0 bridgehead atoms. The van der Waals surface area contributed by atoms with Gasteiger partial charge in [-0.2, -0.15) is 0 Å². The van der Waals surface area contributed by atoms with Crippen molar-refractivity contribution in [2.45, 2.75) is 32.2 Å². The molecule has 90 valence electrons. The van der Waals surface area contributed by atoms with E-state index in [9.17, 15) is 9.18 Å². The van der Waals surface area contributed by atoms with Crippen LogP contribution in [0.5, 0.6) is 0 Å². The van der Waals surface area contributed by atoms with Crippen molar-refractivity contribution in [2.24, 2.45) is 0 Å². The van der Waals surface area contributed by atoms with Gasteiger partial charge >= 0.3 is 0 Å². The van der Waals surface area contributed by atoms with Gasteiger partial charge in [0.05, 0.1) is 5.54 Å². The quantitative estimate of drug-likeness (QED) is 0.799. The summed E-state index contributed by atoms with van der Waals surface area (Å²) in [5.74, 6) is -0.327. The molecular formula is C14H16FNO. The van der Waals surface area contributed by atoms with Gasteiger partial charge in [-0.05, 0) is 44.4 Å². The number of hydrogen-bond donors (Lipinski definition) is 1. The number of rotatable bonds is 3. The SMILES string of the molecule is CC(C)=CC(=O)NC1(c2ccc(F)cc2)CC1. The third kappa shape index (κ3) is 2.73. The molecule has 0 radical (unpaired) electrons. The number of amides is 1. The molecule has 3 heteroatoms. The number of halogens is 1. The van der Waals surface area contributed by atoms with E-state index in [0.29, 0.717) is 0 Å². The lowest BCUT2D eigenvalue weighted by Gasteiger charge is -2.17. The van der Waals surface area contributed by atoms with Crippen LogP contribution in [0.1, 0.15) is 32.3 Å². The maximum atomic E-state index is 12.8. The molecule has 1 aliphatic rings. The first kappa shape index (κ1) is 11.8. The Morgan fingerprint density at radius 2 is 1.88 bits per heavy atom. The number of benzene rings is 1. The highest BCUT2D eigenvalue weighted by Crippen LogP contribution is 2.45. The highest BCUT2D eigenvalue weighted by atomic mass is 19.1. The molecule has 17 heavy (non-hydrogen) atoms. The Labute approximate surface area is 101 Å². The van der Waals surface area contributed by atoms with Crippen LogP contribution in [-0.4, -0.2) is 5.91 Å². The van der Waals surface area contributed by atoms with Gasteiger partial charge in [0.25, 0.3) is 0 Å². The van der Waals surface area contributed by atoms with Gasteiger partial charge < -0.3 is 5.32 Å². The fourth-order valence-electron chi connectivity index (χ4n) is 1.91. The van der Waals surface area contributed by atoms with E-state index in [0.717, 1.165) is 24.0 Å². The van der Waals surface area contributed by atoms with Crippen LogP contribution in [-0.2, 0) is 10.3 Å². The molecule has 1 aromatic carbocycles. The molecule has 1 amide bonds. The number of allylic oxidation sites excluding steroid dienone is 1. The van der Waals surface area contributed by atoms with Crippen LogP contribution >= 0.6 is 0 Å². The summed E-state index contributed by atoms with van der Waals surface area (Å²) in [6.45, 7) is 3.77. The van der Waals surface area contributed by atoms with E-state index in [1.54, 1.807) is 18.2 Å².